The molecule has 3 aromatic rings. The highest BCUT2D eigenvalue weighted by Crippen LogP contribution is 2.23. The van der Waals surface area contributed by atoms with E-state index in [1.54, 1.807) is 31.2 Å². The molecule has 1 aromatic heterocycles. The molecule has 2 N–H and O–H groups in total. The molecule has 1 heterocycles. The molecule has 33 heavy (non-hydrogen) atoms. The van der Waals surface area contributed by atoms with Gasteiger partial charge in [0.25, 0.3) is 11.8 Å². The molecule has 0 atom stereocenters. The van der Waals surface area contributed by atoms with Gasteiger partial charge in [0.15, 0.2) is 0 Å². The maximum absolute atomic E-state index is 12.7. The lowest BCUT2D eigenvalue weighted by Gasteiger charge is -2.19. The van der Waals surface area contributed by atoms with Crippen LogP contribution in [0.5, 0.6) is 0 Å². The Morgan fingerprint density at radius 1 is 0.606 bits per heavy atom. The zero-order chi connectivity index (χ0) is 24.4. The normalized spacial score (nSPS) is 11.7. The Balaban J connectivity index is 1.72. The smallest absolute Gasteiger partial charge is 0.258 e. The number of carbonyl (C=O) groups excluding carboxylic acids is 2. The third-order valence-electron chi connectivity index (χ3n) is 5.22. The van der Waals surface area contributed by atoms with E-state index in [0.717, 1.165) is 11.1 Å². The molecule has 2 amide bonds. The zero-order valence-electron chi connectivity index (χ0n) is 20.3. The van der Waals surface area contributed by atoms with Gasteiger partial charge in [0, 0.05) is 11.1 Å². The second-order valence-corrected chi connectivity index (χ2v) is 10.1. The molecule has 172 valence electrons. The van der Waals surface area contributed by atoms with Crippen LogP contribution in [0.15, 0.2) is 48.5 Å². The quantitative estimate of drug-likeness (QED) is 0.569. The molecule has 0 saturated heterocycles. The van der Waals surface area contributed by atoms with Crippen molar-refractivity contribution in [3.8, 4) is 0 Å². The summed E-state index contributed by atoms with van der Waals surface area (Å²) >= 11 is 0. The van der Waals surface area contributed by atoms with Crippen LogP contribution in [-0.4, -0.2) is 26.8 Å². The van der Waals surface area contributed by atoms with Gasteiger partial charge < -0.3 is 0 Å². The van der Waals surface area contributed by atoms with Crippen LogP contribution in [0.4, 0.5) is 11.9 Å². The Morgan fingerprint density at radius 2 is 0.939 bits per heavy atom. The summed E-state index contributed by atoms with van der Waals surface area (Å²) in [5, 5.41) is 5.36. The minimum absolute atomic E-state index is 0.000499. The highest BCUT2D eigenvalue weighted by atomic mass is 16.2. The van der Waals surface area contributed by atoms with Crippen molar-refractivity contribution in [1.29, 1.82) is 0 Å². The fourth-order valence-electron chi connectivity index (χ4n) is 3.18. The minimum Gasteiger partial charge on any atom is -0.290 e. The Labute approximate surface area is 195 Å². The van der Waals surface area contributed by atoms with Crippen LogP contribution in [-0.2, 0) is 10.8 Å². The number of nitrogens with zero attached hydrogens (tertiary/aromatic N) is 3. The maximum atomic E-state index is 12.7. The van der Waals surface area contributed by atoms with Gasteiger partial charge in [-0.3, -0.25) is 20.2 Å². The van der Waals surface area contributed by atoms with Crippen LogP contribution in [0.2, 0.25) is 0 Å². The van der Waals surface area contributed by atoms with Crippen LogP contribution >= 0.6 is 0 Å². The number of aryl methyl sites for hydroxylation is 1. The average Bonchev–Trinajstić information content (AvgIpc) is 2.72. The van der Waals surface area contributed by atoms with Gasteiger partial charge in [-0.25, -0.2) is 0 Å². The van der Waals surface area contributed by atoms with Gasteiger partial charge in [-0.1, -0.05) is 65.8 Å². The first-order valence-electron chi connectivity index (χ1n) is 10.9. The highest BCUT2D eigenvalue weighted by molar-refractivity contribution is 6.04. The van der Waals surface area contributed by atoms with Gasteiger partial charge in [-0.15, -0.1) is 0 Å². The van der Waals surface area contributed by atoms with Gasteiger partial charge in [0.1, 0.15) is 5.82 Å². The lowest BCUT2D eigenvalue weighted by molar-refractivity contribution is 0.101. The van der Waals surface area contributed by atoms with E-state index in [1.807, 2.05) is 24.3 Å². The molecule has 0 aliphatic rings. The lowest BCUT2D eigenvalue weighted by Crippen LogP contribution is -2.19. The van der Waals surface area contributed by atoms with E-state index in [2.05, 4.69) is 67.1 Å². The van der Waals surface area contributed by atoms with E-state index in [-0.39, 0.29) is 34.5 Å². The van der Waals surface area contributed by atoms with Crippen molar-refractivity contribution >= 4 is 23.7 Å². The van der Waals surface area contributed by atoms with Gasteiger partial charge in [-0.2, -0.15) is 15.0 Å². The summed E-state index contributed by atoms with van der Waals surface area (Å²) < 4.78 is 0. The van der Waals surface area contributed by atoms with Crippen molar-refractivity contribution < 1.29 is 9.59 Å². The molecule has 2 aromatic carbocycles. The maximum Gasteiger partial charge on any atom is 0.258 e. The topological polar surface area (TPSA) is 96.9 Å². The number of benzene rings is 2. The van der Waals surface area contributed by atoms with Crippen molar-refractivity contribution in [2.75, 3.05) is 10.6 Å². The van der Waals surface area contributed by atoms with Crippen LogP contribution in [0.1, 0.15) is 79.2 Å². The van der Waals surface area contributed by atoms with Gasteiger partial charge >= 0.3 is 0 Å². The van der Waals surface area contributed by atoms with Crippen molar-refractivity contribution in [1.82, 2.24) is 15.0 Å². The zero-order valence-corrected chi connectivity index (χ0v) is 20.3. The Kier molecular flexibility index (Phi) is 6.63. The fourth-order valence-corrected chi connectivity index (χ4v) is 3.18. The lowest BCUT2D eigenvalue weighted by atomic mass is 9.86. The van der Waals surface area contributed by atoms with E-state index >= 15 is 0 Å². The Bertz CT molecular complexity index is 1070. The molecule has 0 bridgehead atoms. The molecule has 0 fully saturated rings. The summed E-state index contributed by atoms with van der Waals surface area (Å²) in [6.07, 6.45) is 0. The molecule has 0 unspecified atom stereocenters. The molecular weight excluding hydrogens is 414 g/mol. The largest absolute Gasteiger partial charge is 0.290 e. The van der Waals surface area contributed by atoms with Gasteiger partial charge in [-0.05, 0) is 53.1 Å². The fraction of sp³-hybridized carbons (Fsp3) is 0.346. The molecule has 0 radical (unpaired) electrons. The Morgan fingerprint density at radius 3 is 1.24 bits per heavy atom. The van der Waals surface area contributed by atoms with Crippen LogP contribution in [0, 0.1) is 6.92 Å². The summed E-state index contributed by atoms with van der Waals surface area (Å²) in [5.41, 5.74) is 3.25. The number of anilines is 2. The third kappa shape index (κ3) is 6.22. The summed E-state index contributed by atoms with van der Waals surface area (Å²) in [6.45, 7) is 14.4. The van der Waals surface area contributed by atoms with E-state index in [4.69, 9.17) is 0 Å². The van der Waals surface area contributed by atoms with Crippen LogP contribution in [0.25, 0.3) is 0 Å². The molecular formula is C26H31N5O2. The molecule has 7 nitrogen and oxygen atoms in total. The summed E-state index contributed by atoms with van der Waals surface area (Å²) in [7, 11) is 0. The van der Waals surface area contributed by atoms with Crippen LogP contribution in [0.3, 0.4) is 0 Å². The number of hydrogen-bond donors (Lipinski definition) is 2. The highest BCUT2D eigenvalue weighted by Gasteiger charge is 2.17. The van der Waals surface area contributed by atoms with Gasteiger partial charge in [0.2, 0.25) is 11.9 Å². The first kappa shape index (κ1) is 24.0. The second-order valence-electron chi connectivity index (χ2n) is 10.1. The number of hydrogen-bond acceptors (Lipinski definition) is 5. The number of rotatable bonds is 4. The second kappa shape index (κ2) is 9.10. The van der Waals surface area contributed by atoms with E-state index < -0.39 is 0 Å². The summed E-state index contributed by atoms with van der Waals surface area (Å²) in [6, 6.07) is 14.8. The number of nitrogens with one attached hydrogen (secondary N) is 2. The standard InChI is InChI=1S/C26H31N5O2/c1-16-27-23(29-21(32)17-8-12-19(13-9-17)25(2,3)4)31-24(28-16)30-22(33)18-10-14-20(15-11-18)26(5,6)7/h8-15H,1-7H3,(H2,27,28,29,30,31,32,33). The summed E-state index contributed by atoms with van der Waals surface area (Å²) in [4.78, 5) is 37.8. The molecule has 0 aliphatic heterocycles. The predicted octanol–water partition coefficient (Wildman–Crippen LogP) is 5.28. The SMILES string of the molecule is Cc1nc(NC(=O)c2ccc(C(C)(C)C)cc2)nc(NC(=O)c2ccc(C(C)(C)C)cc2)n1. The predicted molar refractivity (Wildman–Crippen MR) is 131 cm³/mol. The third-order valence-corrected chi connectivity index (χ3v) is 5.22. The van der Waals surface area contributed by atoms with Crippen LogP contribution < -0.4 is 10.6 Å². The summed E-state index contributed by atoms with van der Waals surface area (Å²) in [5.74, 6) is -0.148. The van der Waals surface area contributed by atoms with Gasteiger partial charge in [0.05, 0.1) is 0 Å². The van der Waals surface area contributed by atoms with E-state index in [0.29, 0.717) is 17.0 Å². The average molecular weight is 446 g/mol. The van der Waals surface area contributed by atoms with E-state index in [1.165, 1.54) is 0 Å². The monoisotopic (exact) mass is 445 g/mol. The number of carbonyl (C=O) groups is 2. The number of amides is 2. The van der Waals surface area contributed by atoms with E-state index in [9.17, 15) is 9.59 Å². The number of aromatic nitrogens is 3. The minimum atomic E-state index is -0.337. The molecule has 0 spiro atoms. The Hall–Kier alpha value is -3.61. The van der Waals surface area contributed by atoms with Crippen molar-refractivity contribution in [2.45, 2.75) is 59.3 Å². The van der Waals surface area contributed by atoms with Crippen molar-refractivity contribution in [2.24, 2.45) is 0 Å². The van der Waals surface area contributed by atoms with Crippen molar-refractivity contribution in [3.63, 3.8) is 0 Å². The van der Waals surface area contributed by atoms with Crippen molar-refractivity contribution in [3.05, 3.63) is 76.6 Å². The molecule has 7 heteroatoms. The first-order valence-corrected chi connectivity index (χ1v) is 10.9. The molecule has 0 saturated carbocycles. The molecule has 0 aliphatic carbocycles. The molecule has 3 rings (SSSR count). The first-order chi connectivity index (χ1) is 15.3.